The number of hydrogen-bond donors (Lipinski definition) is 1. The normalized spacial score (nSPS) is 10.3. The molecule has 0 heterocycles. The van der Waals surface area contributed by atoms with Gasteiger partial charge in [0.15, 0.2) is 0 Å². The van der Waals surface area contributed by atoms with Crippen LogP contribution < -0.4 is 0 Å². The minimum absolute atomic E-state index is 0.101. The Labute approximate surface area is 99.6 Å². The van der Waals surface area contributed by atoms with Crippen LogP contribution in [0, 0.1) is 5.82 Å². The molecule has 0 saturated carbocycles. The molecule has 1 amide bonds. The Balaban J connectivity index is 2.86. The van der Waals surface area contributed by atoms with Gasteiger partial charge in [0.1, 0.15) is 11.6 Å². The summed E-state index contributed by atoms with van der Waals surface area (Å²) in [6.45, 7) is 3.18. The fourth-order valence-electron chi connectivity index (χ4n) is 1.46. The summed E-state index contributed by atoms with van der Waals surface area (Å²) in [7, 11) is 1.55. The highest BCUT2D eigenvalue weighted by atomic mass is 19.1. The number of methoxy groups -OCH3 is 1. The maximum atomic E-state index is 12.8. The van der Waals surface area contributed by atoms with Gasteiger partial charge < -0.3 is 14.7 Å². The highest BCUT2D eigenvalue weighted by Gasteiger charge is 2.17. The lowest BCUT2D eigenvalue weighted by Gasteiger charge is -2.20. The topological polar surface area (TPSA) is 49.8 Å². The lowest BCUT2D eigenvalue weighted by molar-refractivity contribution is 0.0703. The molecule has 94 valence electrons. The van der Waals surface area contributed by atoms with Gasteiger partial charge in [-0.25, -0.2) is 4.39 Å². The van der Waals surface area contributed by atoms with Crippen molar-refractivity contribution in [1.29, 1.82) is 0 Å². The first-order valence-electron chi connectivity index (χ1n) is 5.36. The maximum Gasteiger partial charge on any atom is 0.257 e. The summed E-state index contributed by atoms with van der Waals surface area (Å²) in [5.41, 5.74) is 0.101. The highest BCUT2D eigenvalue weighted by molar-refractivity contribution is 5.96. The number of carbonyl (C=O) groups excluding carboxylic acids is 1. The number of ether oxygens (including phenoxy) is 1. The second kappa shape index (κ2) is 6.20. The zero-order valence-corrected chi connectivity index (χ0v) is 9.94. The number of aromatic hydroxyl groups is 1. The number of phenols is 1. The van der Waals surface area contributed by atoms with Crippen molar-refractivity contribution in [3.63, 3.8) is 0 Å². The van der Waals surface area contributed by atoms with Crippen molar-refractivity contribution < 1.29 is 19.0 Å². The number of halogens is 1. The molecule has 0 atom stereocenters. The van der Waals surface area contributed by atoms with Crippen molar-refractivity contribution in [1.82, 2.24) is 4.90 Å². The van der Waals surface area contributed by atoms with Gasteiger partial charge in [0, 0.05) is 26.3 Å². The number of rotatable bonds is 5. The van der Waals surface area contributed by atoms with E-state index in [4.69, 9.17) is 4.74 Å². The number of carbonyl (C=O) groups is 1. The van der Waals surface area contributed by atoms with Crippen molar-refractivity contribution in [2.24, 2.45) is 0 Å². The van der Waals surface area contributed by atoms with Gasteiger partial charge in [-0.05, 0) is 19.1 Å². The minimum atomic E-state index is -0.570. The minimum Gasteiger partial charge on any atom is -0.507 e. The molecule has 0 bridgehead atoms. The molecule has 0 fully saturated rings. The molecule has 0 spiro atoms. The van der Waals surface area contributed by atoms with Crippen LogP contribution in [0.2, 0.25) is 0 Å². The van der Waals surface area contributed by atoms with Crippen LogP contribution in [0.15, 0.2) is 18.2 Å². The van der Waals surface area contributed by atoms with E-state index in [2.05, 4.69) is 0 Å². The molecule has 0 saturated heterocycles. The van der Waals surface area contributed by atoms with E-state index in [0.717, 1.165) is 12.1 Å². The Morgan fingerprint density at radius 3 is 2.76 bits per heavy atom. The first-order chi connectivity index (χ1) is 8.10. The zero-order valence-electron chi connectivity index (χ0n) is 9.94. The van der Waals surface area contributed by atoms with Gasteiger partial charge in [0.25, 0.3) is 5.91 Å². The molecule has 0 aromatic heterocycles. The van der Waals surface area contributed by atoms with Gasteiger partial charge in [-0.15, -0.1) is 0 Å². The van der Waals surface area contributed by atoms with Crippen LogP contribution in [-0.4, -0.2) is 42.7 Å². The SMILES string of the molecule is CCN(CCOC)C(=O)c1ccc(F)cc1O. The van der Waals surface area contributed by atoms with Gasteiger partial charge in [-0.3, -0.25) is 4.79 Å². The largest absolute Gasteiger partial charge is 0.507 e. The Morgan fingerprint density at radius 2 is 2.24 bits per heavy atom. The lowest BCUT2D eigenvalue weighted by Crippen LogP contribution is -2.33. The van der Waals surface area contributed by atoms with E-state index in [-0.39, 0.29) is 17.2 Å². The van der Waals surface area contributed by atoms with Crippen LogP contribution in [0.4, 0.5) is 4.39 Å². The van der Waals surface area contributed by atoms with Crippen molar-refractivity contribution in [2.45, 2.75) is 6.92 Å². The number of benzene rings is 1. The molecule has 0 aliphatic carbocycles. The summed E-state index contributed by atoms with van der Waals surface area (Å²) in [5.74, 6) is -1.24. The van der Waals surface area contributed by atoms with Gasteiger partial charge in [0.05, 0.1) is 12.2 Å². The molecule has 1 aromatic carbocycles. The lowest BCUT2D eigenvalue weighted by atomic mass is 10.1. The third kappa shape index (κ3) is 3.42. The molecule has 5 heteroatoms. The summed E-state index contributed by atoms with van der Waals surface area (Å²) >= 11 is 0. The summed E-state index contributed by atoms with van der Waals surface area (Å²) in [5, 5.41) is 9.51. The Bertz CT molecular complexity index is 395. The number of amides is 1. The molecule has 0 aliphatic rings. The number of phenolic OH excluding ortho intramolecular Hbond substituents is 1. The smallest absolute Gasteiger partial charge is 0.257 e. The van der Waals surface area contributed by atoms with Crippen LogP contribution in [0.3, 0.4) is 0 Å². The summed E-state index contributed by atoms with van der Waals surface area (Å²) in [4.78, 5) is 13.5. The van der Waals surface area contributed by atoms with Crippen LogP contribution >= 0.6 is 0 Å². The van der Waals surface area contributed by atoms with Crippen molar-refractivity contribution >= 4 is 5.91 Å². The van der Waals surface area contributed by atoms with Gasteiger partial charge in [-0.1, -0.05) is 0 Å². The Hall–Kier alpha value is -1.62. The van der Waals surface area contributed by atoms with Crippen LogP contribution in [0.5, 0.6) is 5.75 Å². The molecule has 4 nitrogen and oxygen atoms in total. The van der Waals surface area contributed by atoms with E-state index in [1.165, 1.54) is 11.0 Å². The Kier molecular flexibility index (Phi) is 4.90. The third-order valence-corrected chi connectivity index (χ3v) is 2.42. The number of hydrogen-bond acceptors (Lipinski definition) is 3. The van der Waals surface area contributed by atoms with E-state index in [0.29, 0.717) is 19.7 Å². The predicted molar refractivity (Wildman–Crippen MR) is 61.5 cm³/mol. The van der Waals surface area contributed by atoms with E-state index in [1.807, 2.05) is 6.92 Å². The Morgan fingerprint density at radius 1 is 1.53 bits per heavy atom. The van der Waals surface area contributed by atoms with Crippen molar-refractivity contribution in [2.75, 3.05) is 26.8 Å². The van der Waals surface area contributed by atoms with Crippen molar-refractivity contribution in [3.05, 3.63) is 29.6 Å². The standard InChI is InChI=1S/C12H16FNO3/c1-3-14(6-7-17-2)12(16)10-5-4-9(13)8-11(10)15/h4-5,8,15H,3,6-7H2,1-2H3. The fraction of sp³-hybridized carbons (Fsp3) is 0.417. The molecule has 1 aromatic rings. The summed E-state index contributed by atoms with van der Waals surface area (Å²) in [6.07, 6.45) is 0. The quantitative estimate of drug-likeness (QED) is 0.852. The van der Waals surface area contributed by atoms with E-state index < -0.39 is 5.82 Å². The van der Waals surface area contributed by atoms with E-state index >= 15 is 0 Å². The highest BCUT2D eigenvalue weighted by Crippen LogP contribution is 2.19. The molecule has 0 aliphatic heterocycles. The van der Waals surface area contributed by atoms with Crippen LogP contribution in [0.1, 0.15) is 17.3 Å². The zero-order chi connectivity index (χ0) is 12.8. The van der Waals surface area contributed by atoms with Gasteiger partial charge >= 0.3 is 0 Å². The fourth-order valence-corrected chi connectivity index (χ4v) is 1.46. The molecule has 0 unspecified atom stereocenters. The average Bonchev–Trinajstić information content (AvgIpc) is 2.29. The van der Waals surface area contributed by atoms with Gasteiger partial charge in [-0.2, -0.15) is 0 Å². The van der Waals surface area contributed by atoms with Crippen LogP contribution in [-0.2, 0) is 4.74 Å². The predicted octanol–water partition coefficient (Wildman–Crippen LogP) is 1.64. The molecule has 17 heavy (non-hydrogen) atoms. The summed E-state index contributed by atoms with van der Waals surface area (Å²) < 4.78 is 17.7. The number of likely N-dealkylation sites (N-methyl/N-ethyl adjacent to an activating group) is 1. The second-order valence-electron chi connectivity index (χ2n) is 3.54. The molecule has 1 rings (SSSR count). The van der Waals surface area contributed by atoms with Crippen molar-refractivity contribution in [3.8, 4) is 5.75 Å². The third-order valence-electron chi connectivity index (χ3n) is 2.42. The first kappa shape index (κ1) is 13.4. The molecule has 0 radical (unpaired) electrons. The van der Waals surface area contributed by atoms with E-state index in [1.54, 1.807) is 7.11 Å². The van der Waals surface area contributed by atoms with Gasteiger partial charge in [0.2, 0.25) is 0 Å². The van der Waals surface area contributed by atoms with E-state index in [9.17, 15) is 14.3 Å². The average molecular weight is 241 g/mol. The molecule has 1 N–H and O–H groups in total. The molecular weight excluding hydrogens is 225 g/mol. The van der Waals surface area contributed by atoms with Crippen LogP contribution in [0.25, 0.3) is 0 Å². The number of nitrogens with zero attached hydrogens (tertiary/aromatic N) is 1. The molecular formula is C12H16FNO3. The monoisotopic (exact) mass is 241 g/mol. The summed E-state index contributed by atoms with van der Waals surface area (Å²) in [6, 6.07) is 3.36. The second-order valence-corrected chi connectivity index (χ2v) is 3.54. The maximum absolute atomic E-state index is 12.8. The first-order valence-corrected chi connectivity index (χ1v) is 5.36.